The van der Waals surface area contributed by atoms with Crippen molar-refractivity contribution in [2.45, 2.75) is 31.7 Å². The zero-order valence-corrected chi connectivity index (χ0v) is 9.12. The molecule has 1 nitrogen and oxygen atoms in total. The molecule has 1 aromatic carbocycles. The molecule has 0 unspecified atom stereocenters. The molecule has 1 aliphatic heterocycles. The normalized spacial score (nSPS) is 25.0. The van der Waals surface area contributed by atoms with Gasteiger partial charge in [-0.2, -0.15) is 0 Å². The molecule has 0 bridgehead atoms. The van der Waals surface area contributed by atoms with Crippen LogP contribution in [0.3, 0.4) is 0 Å². The standard InChI is InChI=1S/C12H14F3N/c1-12(3-2-4-16-12)7-8-5-9(13)11(15)10(14)6-8/h5-6,16H,2-4,7H2,1H3/t12-/m1/s1. The molecule has 1 heterocycles. The maximum atomic E-state index is 13.0. The molecule has 4 heteroatoms. The average molecular weight is 229 g/mol. The Hall–Kier alpha value is -1.03. The first-order valence-corrected chi connectivity index (χ1v) is 5.39. The molecular formula is C12H14F3N. The minimum Gasteiger partial charge on any atom is -0.311 e. The van der Waals surface area contributed by atoms with Crippen LogP contribution in [-0.2, 0) is 6.42 Å². The molecule has 0 amide bonds. The summed E-state index contributed by atoms with van der Waals surface area (Å²) in [5.74, 6) is -3.62. The zero-order chi connectivity index (χ0) is 11.8. The van der Waals surface area contributed by atoms with Crippen molar-refractivity contribution in [1.82, 2.24) is 5.32 Å². The first-order chi connectivity index (χ1) is 7.50. The Kier molecular flexibility index (Phi) is 2.93. The minimum absolute atomic E-state index is 0.128. The van der Waals surface area contributed by atoms with Crippen molar-refractivity contribution in [3.05, 3.63) is 35.1 Å². The number of benzene rings is 1. The summed E-state index contributed by atoms with van der Waals surface area (Å²) in [7, 11) is 0. The highest BCUT2D eigenvalue weighted by Crippen LogP contribution is 2.24. The third-order valence-corrected chi connectivity index (χ3v) is 3.09. The third kappa shape index (κ3) is 2.21. The summed E-state index contributed by atoms with van der Waals surface area (Å²) in [4.78, 5) is 0. The zero-order valence-electron chi connectivity index (χ0n) is 9.12. The number of hydrogen-bond donors (Lipinski definition) is 1. The lowest BCUT2D eigenvalue weighted by Crippen LogP contribution is -2.38. The Morgan fingerprint density at radius 1 is 1.25 bits per heavy atom. The van der Waals surface area contributed by atoms with E-state index in [4.69, 9.17) is 0 Å². The SMILES string of the molecule is C[C@]1(Cc2cc(F)c(F)c(F)c2)CCCN1. The van der Waals surface area contributed by atoms with E-state index in [2.05, 4.69) is 5.32 Å². The maximum Gasteiger partial charge on any atom is 0.194 e. The van der Waals surface area contributed by atoms with Crippen LogP contribution in [0.25, 0.3) is 0 Å². The monoisotopic (exact) mass is 229 g/mol. The molecular weight excluding hydrogens is 215 g/mol. The summed E-state index contributed by atoms with van der Waals surface area (Å²) >= 11 is 0. The lowest BCUT2D eigenvalue weighted by Gasteiger charge is -2.24. The number of rotatable bonds is 2. The molecule has 2 rings (SSSR count). The van der Waals surface area contributed by atoms with Crippen LogP contribution in [0.4, 0.5) is 13.2 Å². The minimum atomic E-state index is -1.40. The Balaban J connectivity index is 2.22. The number of halogens is 3. The van der Waals surface area contributed by atoms with Gasteiger partial charge in [0.05, 0.1) is 0 Å². The summed E-state index contributed by atoms with van der Waals surface area (Å²) in [6.45, 7) is 2.93. The summed E-state index contributed by atoms with van der Waals surface area (Å²) in [5, 5.41) is 3.30. The Morgan fingerprint density at radius 3 is 2.38 bits per heavy atom. The van der Waals surface area contributed by atoms with Crippen LogP contribution in [0, 0.1) is 17.5 Å². The largest absolute Gasteiger partial charge is 0.311 e. The van der Waals surface area contributed by atoms with E-state index in [1.807, 2.05) is 6.92 Å². The van der Waals surface area contributed by atoms with Crippen molar-refractivity contribution in [3.63, 3.8) is 0 Å². The highest BCUT2D eigenvalue weighted by atomic mass is 19.2. The van der Waals surface area contributed by atoms with Crippen molar-refractivity contribution in [2.24, 2.45) is 0 Å². The van der Waals surface area contributed by atoms with E-state index in [-0.39, 0.29) is 5.54 Å². The van der Waals surface area contributed by atoms with Gasteiger partial charge in [0.2, 0.25) is 0 Å². The lowest BCUT2D eigenvalue weighted by atomic mass is 9.91. The molecule has 1 atom stereocenters. The predicted molar refractivity (Wildman–Crippen MR) is 55.7 cm³/mol. The molecule has 1 saturated heterocycles. The van der Waals surface area contributed by atoms with E-state index in [0.29, 0.717) is 12.0 Å². The van der Waals surface area contributed by atoms with Crippen molar-refractivity contribution < 1.29 is 13.2 Å². The molecule has 0 saturated carbocycles. The summed E-state index contributed by atoms with van der Waals surface area (Å²) in [6.07, 6.45) is 2.54. The van der Waals surface area contributed by atoms with Gasteiger partial charge in [0.25, 0.3) is 0 Å². The molecule has 16 heavy (non-hydrogen) atoms. The van der Waals surface area contributed by atoms with Gasteiger partial charge in [-0.05, 0) is 50.4 Å². The van der Waals surface area contributed by atoms with Gasteiger partial charge in [-0.25, -0.2) is 13.2 Å². The molecule has 0 aliphatic carbocycles. The van der Waals surface area contributed by atoms with Crippen molar-refractivity contribution in [1.29, 1.82) is 0 Å². The Labute approximate surface area is 92.7 Å². The van der Waals surface area contributed by atoms with E-state index in [1.165, 1.54) is 0 Å². The van der Waals surface area contributed by atoms with Gasteiger partial charge in [0, 0.05) is 5.54 Å². The molecule has 0 radical (unpaired) electrons. The van der Waals surface area contributed by atoms with Crippen molar-refractivity contribution in [2.75, 3.05) is 6.54 Å². The summed E-state index contributed by atoms with van der Waals surface area (Å²) in [6, 6.07) is 2.15. The van der Waals surface area contributed by atoms with Gasteiger partial charge < -0.3 is 5.32 Å². The molecule has 1 fully saturated rings. The first kappa shape index (κ1) is 11.5. The highest BCUT2D eigenvalue weighted by Gasteiger charge is 2.28. The maximum absolute atomic E-state index is 13.0. The lowest BCUT2D eigenvalue weighted by molar-refractivity contribution is 0.405. The summed E-state index contributed by atoms with van der Waals surface area (Å²) < 4.78 is 38.8. The molecule has 0 spiro atoms. The van der Waals surface area contributed by atoms with E-state index >= 15 is 0 Å². The van der Waals surface area contributed by atoms with Crippen LogP contribution >= 0.6 is 0 Å². The van der Waals surface area contributed by atoms with Crippen LogP contribution in [0.1, 0.15) is 25.3 Å². The van der Waals surface area contributed by atoms with Gasteiger partial charge in [-0.1, -0.05) is 0 Å². The second-order valence-corrected chi connectivity index (χ2v) is 4.64. The average Bonchev–Trinajstić information content (AvgIpc) is 2.61. The predicted octanol–water partition coefficient (Wildman–Crippen LogP) is 2.79. The topological polar surface area (TPSA) is 12.0 Å². The van der Waals surface area contributed by atoms with E-state index in [1.54, 1.807) is 0 Å². The van der Waals surface area contributed by atoms with E-state index in [0.717, 1.165) is 31.5 Å². The third-order valence-electron chi connectivity index (χ3n) is 3.09. The molecule has 1 aliphatic rings. The molecule has 0 aromatic heterocycles. The first-order valence-electron chi connectivity index (χ1n) is 5.39. The van der Waals surface area contributed by atoms with Crippen LogP contribution in [0.5, 0.6) is 0 Å². The van der Waals surface area contributed by atoms with Gasteiger partial charge in [-0.15, -0.1) is 0 Å². The van der Waals surface area contributed by atoms with Crippen LogP contribution in [0.15, 0.2) is 12.1 Å². The van der Waals surface area contributed by atoms with Crippen LogP contribution in [0.2, 0.25) is 0 Å². The van der Waals surface area contributed by atoms with Gasteiger partial charge >= 0.3 is 0 Å². The highest BCUT2D eigenvalue weighted by molar-refractivity contribution is 5.22. The smallest absolute Gasteiger partial charge is 0.194 e. The van der Waals surface area contributed by atoms with E-state index in [9.17, 15) is 13.2 Å². The van der Waals surface area contributed by atoms with Crippen molar-refractivity contribution in [3.8, 4) is 0 Å². The fraction of sp³-hybridized carbons (Fsp3) is 0.500. The fourth-order valence-corrected chi connectivity index (χ4v) is 2.27. The summed E-state index contributed by atoms with van der Waals surface area (Å²) in [5.41, 5.74) is 0.366. The Morgan fingerprint density at radius 2 is 1.88 bits per heavy atom. The van der Waals surface area contributed by atoms with Crippen LogP contribution < -0.4 is 5.32 Å². The number of nitrogens with one attached hydrogen (secondary N) is 1. The second-order valence-electron chi connectivity index (χ2n) is 4.64. The Bertz CT molecular complexity index is 374. The molecule has 1 aromatic rings. The van der Waals surface area contributed by atoms with E-state index < -0.39 is 17.5 Å². The van der Waals surface area contributed by atoms with Gasteiger partial charge in [-0.3, -0.25) is 0 Å². The molecule has 1 N–H and O–H groups in total. The quantitative estimate of drug-likeness (QED) is 0.769. The second kappa shape index (κ2) is 4.09. The van der Waals surface area contributed by atoms with Crippen LogP contribution in [-0.4, -0.2) is 12.1 Å². The van der Waals surface area contributed by atoms with Crippen molar-refractivity contribution >= 4 is 0 Å². The fourth-order valence-electron chi connectivity index (χ4n) is 2.27. The molecule has 88 valence electrons. The number of hydrogen-bond acceptors (Lipinski definition) is 1. The van der Waals surface area contributed by atoms with Gasteiger partial charge in [0.1, 0.15) is 0 Å². The van der Waals surface area contributed by atoms with Gasteiger partial charge in [0.15, 0.2) is 17.5 Å².